The molecule has 18 heteroatoms. The minimum absolute atomic E-state index is 0.0143. The Hall–Kier alpha value is -3.31. The second-order valence-corrected chi connectivity index (χ2v) is 14.5. The molecule has 0 radical (unpaired) electrons. The van der Waals surface area contributed by atoms with Gasteiger partial charge in [-0.3, -0.25) is 14.2 Å². The summed E-state index contributed by atoms with van der Waals surface area (Å²) in [6, 6.07) is 7.48. The molecule has 49 heavy (non-hydrogen) atoms. The average Bonchev–Trinajstić information content (AvgIpc) is 3.54. The molecule has 2 aromatic heterocycles. The second kappa shape index (κ2) is 18.6. The van der Waals surface area contributed by atoms with Crippen LogP contribution in [0.1, 0.15) is 64.2 Å². The number of aromatic nitrogens is 4. The first kappa shape index (κ1) is 37.0. The molecule has 0 aliphatic heterocycles. The fourth-order valence-electron chi connectivity index (χ4n) is 5.60. The number of nitrogens with two attached hydrogens (primary N) is 1. The number of ether oxygens (including phenoxy) is 4. The molecule has 0 unspecified atom stereocenters. The van der Waals surface area contributed by atoms with Crippen LogP contribution in [0.5, 0.6) is 5.75 Å². The highest BCUT2D eigenvalue weighted by Crippen LogP contribution is 2.48. The lowest BCUT2D eigenvalue weighted by atomic mass is 9.89. The minimum atomic E-state index is -4.25. The zero-order chi connectivity index (χ0) is 34.5. The van der Waals surface area contributed by atoms with Crippen LogP contribution in [0.15, 0.2) is 40.5 Å². The van der Waals surface area contributed by atoms with E-state index in [1.54, 1.807) is 18.0 Å². The topological polar surface area (TPSA) is 195 Å². The maximum atomic E-state index is 13.4. The Labute approximate surface area is 288 Å². The SMILES string of the molecule is COc1ccc(Sc2nc(N)nc3c2ncn3CCOCP(=O)(OOCOC(=O)C2CCCCC2)OOCOC(=O)C2CCCCC2)cc1. The standard InChI is InChI=1S/C31H42N5O11PS/c1-40-24-12-14-25(15-13-24)49-28-26-27(34-31(32)35-28)36(18-33-26)16-17-41-21-48(39,46-44-19-42-29(37)22-8-4-2-5-9-22)47-45-20-43-30(38)23-10-6-3-7-11-23/h12-15,18,22-23H,2-11,16-17,19-21H2,1H3,(H2,32,34,35). The molecule has 1 aromatic carbocycles. The van der Waals surface area contributed by atoms with Crippen molar-refractivity contribution in [2.75, 3.05) is 39.4 Å². The van der Waals surface area contributed by atoms with Gasteiger partial charge >= 0.3 is 19.5 Å². The summed E-state index contributed by atoms with van der Waals surface area (Å²) in [5.74, 6) is -0.436. The Kier molecular flexibility index (Phi) is 14.0. The van der Waals surface area contributed by atoms with Crippen molar-refractivity contribution < 1.29 is 52.2 Å². The van der Waals surface area contributed by atoms with E-state index < -0.39 is 39.5 Å². The third-order valence-corrected chi connectivity index (χ3v) is 10.3. The quantitative estimate of drug-likeness (QED) is 0.0315. The molecule has 2 aliphatic rings. The molecule has 0 atom stereocenters. The number of carbonyl (C=O) groups excluding carboxylic acids is 2. The number of fused-ring (bicyclic) bond motifs is 1. The summed E-state index contributed by atoms with van der Waals surface area (Å²) in [7, 11) is -2.65. The van der Waals surface area contributed by atoms with Crippen LogP contribution in [0.3, 0.4) is 0 Å². The molecule has 16 nitrogen and oxygen atoms in total. The molecule has 0 amide bonds. The first-order valence-corrected chi connectivity index (χ1v) is 18.8. The van der Waals surface area contributed by atoms with Crippen LogP contribution in [0.25, 0.3) is 11.2 Å². The predicted molar refractivity (Wildman–Crippen MR) is 175 cm³/mol. The van der Waals surface area contributed by atoms with Crippen molar-refractivity contribution in [2.24, 2.45) is 11.8 Å². The third-order valence-electron chi connectivity index (χ3n) is 8.16. The zero-order valence-corrected chi connectivity index (χ0v) is 29.1. The molecule has 0 spiro atoms. The van der Waals surface area contributed by atoms with Crippen LogP contribution >= 0.6 is 19.4 Å². The molecule has 3 aromatic rings. The molecule has 2 fully saturated rings. The number of esters is 2. The van der Waals surface area contributed by atoms with E-state index in [0.29, 0.717) is 16.2 Å². The number of nitrogen functional groups attached to an aromatic ring is 1. The van der Waals surface area contributed by atoms with Gasteiger partial charge in [-0.1, -0.05) is 50.3 Å². The van der Waals surface area contributed by atoms with Crippen LogP contribution in [0, 0.1) is 11.8 Å². The molecule has 268 valence electrons. The molecular formula is C31H42N5O11PS. The second-order valence-electron chi connectivity index (χ2n) is 11.6. The highest BCUT2D eigenvalue weighted by molar-refractivity contribution is 7.99. The summed E-state index contributed by atoms with van der Waals surface area (Å²) in [5, 5.41) is 0.571. The summed E-state index contributed by atoms with van der Waals surface area (Å²) >= 11 is 1.38. The third kappa shape index (κ3) is 11.1. The van der Waals surface area contributed by atoms with E-state index >= 15 is 0 Å². The summed E-state index contributed by atoms with van der Waals surface area (Å²) < 4.78 is 46.2. The Balaban J connectivity index is 1.13. The van der Waals surface area contributed by atoms with E-state index in [9.17, 15) is 14.2 Å². The van der Waals surface area contributed by atoms with Crippen LogP contribution in [0.2, 0.25) is 0 Å². The molecule has 2 aliphatic carbocycles. The number of imidazole rings is 1. The Morgan fingerprint density at radius 1 is 0.898 bits per heavy atom. The maximum absolute atomic E-state index is 13.4. The summed E-state index contributed by atoms with van der Waals surface area (Å²) in [5.41, 5.74) is 7.04. The fourth-order valence-corrected chi connectivity index (χ4v) is 7.35. The molecular weight excluding hydrogens is 681 g/mol. The predicted octanol–water partition coefficient (Wildman–Crippen LogP) is 5.79. The van der Waals surface area contributed by atoms with E-state index in [1.807, 2.05) is 24.3 Å². The normalized spacial score (nSPS) is 16.1. The van der Waals surface area contributed by atoms with E-state index in [0.717, 1.165) is 74.9 Å². The van der Waals surface area contributed by atoms with Gasteiger partial charge in [-0.2, -0.15) is 14.8 Å². The fraction of sp³-hybridized carbons (Fsp3) is 0.581. The van der Waals surface area contributed by atoms with Crippen molar-refractivity contribution in [3.05, 3.63) is 30.6 Å². The molecule has 2 N–H and O–H groups in total. The van der Waals surface area contributed by atoms with Crippen LogP contribution in [-0.2, 0) is 54.0 Å². The first-order valence-electron chi connectivity index (χ1n) is 16.3. The Morgan fingerprint density at radius 2 is 1.49 bits per heavy atom. The number of hydrogen-bond donors (Lipinski definition) is 1. The Bertz CT molecular complexity index is 1520. The number of rotatable bonds is 18. The van der Waals surface area contributed by atoms with Crippen molar-refractivity contribution in [1.29, 1.82) is 0 Å². The van der Waals surface area contributed by atoms with E-state index in [4.69, 9.17) is 43.8 Å². The number of methoxy groups -OCH3 is 1. The van der Waals surface area contributed by atoms with Gasteiger partial charge < -0.3 is 29.2 Å². The number of nitrogens with zero attached hydrogens (tertiary/aromatic N) is 4. The van der Waals surface area contributed by atoms with Gasteiger partial charge in [0.1, 0.15) is 16.3 Å². The van der Waals surface area contributed by atoms with Gasteiger partial charge in [0.05, 0.1) is 31.9 Å². The number of benzene rings is 1. The van der Waals surface area contributed by atoms with Crippen molar-refractivity contribution in [3.8, 4) is 5.75 Å². The lowest BCUT2D eigenvalue weighted by Crippen LogP contribution is -2.22. The van der Waals surface area contributed by atoms with Gasteiger partial charge in [-0.25, -0.2) is 9.97 Å². The van der Waals surface area contributed by atoms with Crippen LogP contribution in [0.4, 0.5) is 5.95 Å². The Morgan fingerprint density at radius 3 is 2.06 bits per heavy atom. The number of anilines is 1. The highest BCUT2D eigenvalue weighted by atomic mass is 32.2. The molecule has 2 heterocycles. The van der Waals surface area contributed by atoms with Gasteiger partial charge in [-0.05, 0) is 49.9 Å². The van der Waals surface area contributed by atoms with Crippen molar-refractivity contribution in [2.45, 2.75) is 80.7 Å². The van der Waals surface area contributed by atoms with Crippen molar-refractivity contribution in [1.82, 2.24) is 19.5 Å². The smallest absolute Gasteiger partial charge is 0.409 e. The monoisotopic (exact) mass is 723 g/mol. The summed E-state index contributed by atoms with van der Waals surface area (Å²) in [4.78, 5) is 48.6. The molecule has 5 rings (SSSR count). The van der Waals surface area contributed by atoms with Crippen LogP contribution < -0.4 is 10.5 Å². The van der Waals surface area contributed by atoms with Crippen LogP contribution in [-0.4, -0.2) is 65.1 Å². The maximum Gasteiger partial charge on any atom is 0.409 e. The first-order chi connectivity index (χ1) is 23.8. The number of hydrogen-bond acceptors (Lipinski definition) is 16. The van der Waals surface area contributed by atoms with Gasteiger partial charge in [0.15, 0.2) is 12.0 Å². The highest BCUT2D eigenvalue weighted by Gasteiger charge is 2.31. The summed E-state index contributed by atoms with van der Waals surface area (Å²) in [6.07, 6.45) is 9.95. The lowest BCUT2D eigenvalue weighted by molar-refractivity contribution is -0.311. The largest absolute Gasteiger partial charge is 0.497 e. The minimum Gasteiger partial charge on any atom is -0.497 e. The zero-order valence-electron chi connectivity index (χ0n) is 27.4. The lowest BCUT2D eigenvalue weighted by Gasteiger charge is -2.21. The van der Waals surface area contributed by atoms with E-state index in [2.05, 4.69) is 15.0 Å². The van der Waals surface area contributed by atoms with Crippen molar-refractivity contribution >= 4 is 48.4 Å². The van der Waals surface area contributed by atoms with Gasteiger partial charge in [-0.15, -0.1) is 9.35 Å². The number of carbonyl (C=O) groups is 2. The van der Waals surface area contributed by atoms with Crippen molar-refractivity contribution in [3.63, 3.8) is 0 Å². The van der Waals surface area contributed by atoms with Gasteiger partial charge in [0.2, 0.25) is 19.5 Å². The summed E-state index contributed by atoms with van der Waals surface area (Å²) in [6.45, 7) is -0.976. The molecule has 0 saturated heterocycles. The van der Waals surface area contributed by atoms with Gasteiger partial charge in [0, 0.05) is 11.4 Å². The van der Waals surface area contributed by atoms with Gasteiger partial charge in [0.25, 0.3) is 0 Å². The average molecular weight is 724 g/mol. The molecule has 2 saturated carbocycles. The van der Waals surface area contributed by atoms with E-state index in [1.165, 1.54) is 11.8 Å². The van der Waals surface area contributed by atoms with E-state index in [-0.39, 0.29) is 30.9 Å². The molecule has 0 bridgehead atoms.